The Morgan fingerprint density at radius 2 is 2.06 bits per heavy atom. The molecular formula is C14H26N2OS. The minimum atomic E-state index is 0.102. The van der Waals surface area contributed by atoms with Crippen molar-refractivity contribution in [3.63, 3.8) is 0 Å². The second-order valence-electron chi connectivity index (χ2n) is 5.88. The van der Waals surface area contributed by atoms with E-state index in [0.717, 1.165) is 19.4 Å². The lowest BCUT2D eigenvalue weighted by Crippen LogP contribution is -2.39. The highest BCUT2D eigenvalue weighted by molar-refractivity contribution is 8.00. The van der Waals surface area contributed by atoms with Gasteiger partial charge in [0.05, 0.1) is 0 Å². The minimum absolute atomic E-state index is 0.102. The Hall–Kier alpha value is -0.220. The van der Waals surface area contributed by atoms with Crippen molar-refractivity contribution in [3.05, 3.63) is 0 Å². The van der Waals surface area contributed by atoms with E-state index in [9.17, 15) is 4.79 Å². The van der Waals surface area contributed by atoms with E-state index in [4.69, 9.17) is 5.73 Å². The summed E-state index contributed by atoms with van der Waals surface area (Å²) in [4.78, 5) is 12.1. The van der Waals surface area contributed by atoms with E-state index in [0.29, 0.717) is 18.2 Å². The van der Waals surface area contributed by atoms with Crippen molar-refractivity contribution >= 4 is 17.7 Å². The molecule has 1 amide bonds. The van der Waals surface area contributed by atoms with Crippen LogP contribution in [0.1, 0.15) is 51.4 Å². The van der Waals surface area contributed by atoms with Crippen molar-refractivity contribution in [1.29, 1.82) is 0 Å². The van der Waals surface area contributed by atoms with Gasteiger partial charge in [-0.05, 0) is 43.4 Å². The number of hydrogen-bond donors (Lipinski definition) is 2. The van der Waals surface area contributed by atoms with Crippen molar-refractivity contribution in [3.8, 4) is 0 Å². The maximum absolute atomic E-state index is 12.1. The van der Waals surface area contributed by atoms with Crippen LogP contribution >= 0.6 is 11.8 Å². The van der Waals surface area contributed by atoms with Gasteiger partial charge in [-0.1, -0.05) is 19.3 Å². The van der Waals surface area contributed by atoms with Crippen molar-refractivity contribution in [1.82, 2.24) is 5.32 Å². The number of rotatable bonds is 5. The first kappa shape index (κ1) is 14.2. The Balaban J connectivity index is 1.74. The summed E-state index contributed by atoms with van der Waals surface area (Å²) in [6.07, 6.45) is 9.25. The molecule has 0 spiro atoms. The Morgan fingerprint density at radius 1 is 1.28 bits per heavy atom. The summed E-state index contributed by atoms with van der Waals surface area (Å²) in [5.41, 5.74) is 6.02. The van der Waals surface area contributed by atoms with Gasteiger partial charge in [-0.3, -0.25) is 4.79 Å². The minimum Gasteiger partial charge on any atom is -0.355 e. The van der Waals surface area contributed by atoms with E-state index in [-0.39, 0.29) is 11.3 Å². The lowest BCUT2D eigenvalue weighted by Gasteiger charge is -2.35. The van der Waals surface area contributed by atoms with Gasteiger partial charge in [0.25, 0.3) is 0 Å². The van der Waals surface area contributed by atoms with E-state index < -0.39 is 0 Å². The fourth-order valence-electron chi connectivity index (χ4n) is 3.19. The van der Waals surface area contributed by atoms with Crippen molar-refractivity contribution in [2.75, 3.05) is 18.8 Å². The molecule has 1 saturated heterocycles. The van der Waals surface area contributed by atoms with E-state index in [2.05, 4.69) is 5.32 Å². The van der Waals surface area contributed by atoms with Gasteiger partial charge < -0.3 is 11.1 Å². The van der Waals surface area contributed by atoms with Crippen LogP contribution < -0.4 is 11.1 Å². The number of thioether (sulfide) groups is 1. The average molecular weight is 270 g/mol. The fraction of sp³-hybridized carbons (Fsp3) is 0.929. The van der Waals surface area contributed by atoms with Crippen LogP contribution in [0, 0.1) is 5.41 Å². The Morgan fingerprint density at radius 3 is 2.67 bits per heavy atom. The van der Waals surface area contributed by atoms with Crippen LogP contribution in [-0.4, -0.2) is 30.0 Å². The van der Waals surface area contributed by atoms with Crippen LogP contribution in [-0.2, 0) is 4.79 Å². The number of nitrogens with one attached hydrogen (secondary N) is 1. The Kier molecular flexibility index (Phi) is 5.37. The summed E-state index contributed by atoms with van der Waals surface area (Å²) in [6, 6.07) is 0. The normalized spacial score (nSPS) is 27.1. The predicted octanol–water partition coefficient (Wildman–Crippen LogP) is 2.30. The lowest BCUT2D eigenvalue weighted by molar-refractivity contribution is -0.123. The molecule has 0 aromatic heterocycles. The van der Waals surface area contributed by atoms with Gasteiger partial charge in [0.15, 0.2) is 0 Å². The van der Waals surface area contributed by atoms with Gasteiger partial charge >= 0.3 is 0 Å². The van der Waals surface area contributed by atoms with Crippen LogP contribution in [0.25, 0.3) is 0 Å². The van der Waals surface area contributed by atoms with Gasteiger partial charge in [0.1, 0.15) is 0 Å². The van der Waals surface area contributed by atoms with Gasteiger partial charge in [-0.15, -0.1) is 0 Å². The van der Waals surface area contributed by atoms with E-state index >= 15 is 0 Å². The van der Waals surface area contributed by atoms with E-state index in [1.807, 2.05) is 11.8 Å². The molecule has 1 saturated carbocycles. The molecule has 104 valence electrons. The highest BCUT2D eigenvalue weighted by Gasteiger charge is 2.33. The summed E-state index contributed by atoms with van der Waals surface area (Å²) >= 11 is 2.00. The van der Waals surface area contributed by atoms with Crippen LogP contribution in [0.15, 0.2) is 0 Å². The topological polar surface area (TPSA) is 55.1 Å². The van der Waals surface area contributed by atoms with Gasteiger partial charge in [0, 0.05) is 18.2 Å². The first-order valence-corrected chi connectivity index (χ1v) is 8.37. The molecule has 4 heteroatoms. The van der Waals surface area contributed by atoms with E-state index in [1.54, 1.807) is 0 Å². The number of carbonyl (C=O) groups excluding carboxylic acids is 1. The number of hydrogen-bond acceptors (Lipinski definition) is 3. The molecule has 2 rings (SSSR count). The van der Waals surface area contributed by atoms with E-state index in [1.165, 1.54) is 37.9 Å². The SMILES string of the molecule is NCC1(CC(=O)NCC2CCCS2)CCCCC1. The maximum atomic E-state index is 12.1. The summed E-state index contributed by atoms with van der Waals surface area (Å²) in [5, 5.41) is 3.76. The van der Waals surface area contributed by atoms with Crippen LogP contribution in [0.5, 0.6) is 0 Å². The monoisotopic (exact) mass is 270 g/mol. The van der Waals surface area contributed by atoms with Gasteiger partial charge in [-0.2, -0.15) is 11.8 Å². The summed E-state index contributed by atoms with van der Waals surface area (Å²) in [7, 11) is 0. The molecule has 3 N–H and O–H groups in total. The molecule has 0 bridgehead atoms. The fourth-order valence-corrected chi connectivity index (χ4v) is 4.39. The molecule has 1 aliphatic heterocycles. The molecule has 1 aliphatic carbocycles. The second kappa shape index (κ2) is 6.80. The summed E-state index contributed by atoms with van der Waals surface area (Å²) in [6.45, 7) is 1.52. The molecular weight excluding hydrogens is 244 g/mol. The third kappa shape index (κ3) is 3.89. The van der Waals surface area contributed by atoms with Crippen molar-refractivity contribution in [2.45, 2.75) is 56.6 Å². The molecule has 0 aromatic carbocycles. The second-order valence-corrected chi connectivity index (χ2v) is 7.29. The zero-order valence-electron chi connectivity index (χ0n) is 11.2. The summed E-state index contributed by atoms with van der Waals surface area (Å²) in [5.74, 6) is 1.47. The molecule has 2 aliphatic rings. The van der Waals surface area contributed by atoms with Crippen molar-refractivity contribution in [2.24, 2.45) is 11.1 Å². The average Bonchev–Trinajstić information content (AvgIpc) is 2.91. The third-order valence-electron chi connectivity index (χ3n) is 4.43. The standard InChI is InChI=1S/C14H26N2OS/c15-11-14(6-2-1-3-7-14)9-13(17)16-10-12-5-4-8-18-12/h12H,1-11,15H2,(H,16,17). The highest BCUT2D eigenvalue weighted by Crippen LogP contribution is 2.38. The number of carbonyl (C=O) groups is 1. The van der Waals surface area contributed by atoms with Crippen LogP contribution in [0.4, 0.5) is 0 Å². The van der Waals surface area contributed by atoms with Gasteiger partial charge in [-0.25, -0.2) is 0 Å². The number of amides is 1. The quantitative estimate of drug-likeness (QED) is 0.806. The predicted molar refractivity (Wildman–Crippen MR) is 77.7 cm³/mol. The first-order valence-electron chi connectivity index (χ1n) is 7.32. The van der Waals surface area contributed by atoms with Crippen LogP contribution in [0.3, 0.4) is 0 Å². The highest BCUT2D eigenvalue weighted by atomic mass is 32.2. The molecule has 0 aromatic rings. The molecule has 3 nitrogen and oxygen atoms in total. The van der Waals surface area contributed by atoms with Crippen LogP contribution in [0.2, 0.25) is 0 Å². The zero-order valence-corrected chi connectivity index (χ0v) is 12.1. The summed E-state index contributed by atoms with van der Waals surface area (Å²) < 4.78 is 0. The molecule has 2 fully saturated rings. The molecule has 18 heavy (non-hydrogen) atoms. The number of nitrogens with two attached hydrogens (primary N) is 1. The first-order chi connectivity index (χ1) is 8.74. The maximum Gasteiger partial charge on any atom is 0.220 e. The largest absolute Gasteiger partial charge is 0.355 e. The third-order valence-corrected chi connectivity index (χ3v) is 5.83. The van der Waals surface area contributed by atoms with Crippen molar-refractivity contribution < 1.29 is 4.79 Å². The molecule has 0 radical (unpaired) electrons. The molecule has 1 heterocycles. The molecule has 1 unspecified atom stereocenters. The lowest BCUT2D eigenvalue weighted by atomic mass is 9.71. The van der Waals surface area contributed by atoms with Gasteiger partial charge in [0.2, 0.25) is 5.91 Å². The smallest absolute Gasteiger partial charge is 0.220 e. The zero-order chi connectivity index (χ0) is 12.8. The Bertz CT molecular complexity index is 271. The molecule has 1 atom stereocenters. The Labute approximate surface area is 115 Å².